The van der Waals surface area contributed by atoms with Crippen LogP contribution >= 0.6 is 0 Å². The average molecular weight is 397 g/mol. The van der Waals surface area contributed by atoms with E-state index in [1.165, 1.54) is 38.5 Å². The summed E-state index contributed by atoms with van der Waals surface area (Å²) in [5, 5.41) is 10.2. The molecule has 8 atom stereocenters. The molecular formula is C26H36O3. The van der Waals surface area contributed by atoms with Gasteiger partial charge in [-0.15, -0.1) is 0 Å². The Morgan fingerprint density at radius 1 is 0.931 bits per heavy atom. The molecule has 0 heterocycles. The first-order valence-electron chi connectivity index (χ1n) is 11.9. The molecule has 1 aromatic rings. The first-order chi connectivity index (χ1) is 13.9. The Bertz CT molecular complexity index is 760. The van der Waals surface area contributed by atoms with E-state index in [0.29, 0.717) is 22.8 Å². The maximum absolute atomic E-state index is 12.7. The fraction of sp³-hybridized carbons (Fsp3) is 0.731. The van der Waals surface area contributed by atoms with Gasteiger partial charge in [-0.05, 0) is 99.0 Å². The molecule has 29 heavy (non-hydrogen) atoms. The molecule has 4 aliphatic carbocycles. The predicted molar refractivity (Wildman–Crippen MR) is 113 cm³/mol. The van der Waals surface area contributed by atoms with Gasteiger partial charge in [0.05, 0.1) is 11.7 Å². The number of fused-ring (bicyclic) bond motifs is 5. The third kappa shape index (κ3) is 3.07. The minimum atomic E-state index is -0.156. The lowest BCUT2D eigenvalue weighted by Gasteiger charge is -2.60. The van der Waals surface area contributed by atoms with Crippen LogP contribution in [0.5, 0.6) is 0 Å². The molecule has 1 aromatic carbocycles. The molecule has 3 heteroatoms. The molecule has 158 valence electrons. The molecule has 0 amide bonds. The first-order valence-corrected chi connectivity index (χ1v) is 11.9. The summed E-state index contributed by atoms with van der Waals surface area (Å²) in [7, 11) is 0. The minimum absolute atomic E-state index is 0.0554. The van der Waals surface area contributed by atoms with Crippen LogP contribution in [0.3, 0.4) is 0 Å². The summed E-state index contributed by atoms with van der Waals surface area (Å²) in [4.78, 5) is 12.7. The third-order valence-corrected chi connectivity index (χ3v) is 9.81. The van der Waals surface area contributed by atoms with Crippen molar-refractivity contribution in [2.24, 2.45) is 34.5 Å². The Labute approximate surface area is 175 Å². The van der Waals surface area contributed by atoms with Gasteiger partial charge in [-0.3, -0.25) is 0 Å². The second-order valence-electron chi connectivity index (χ2n) is 11.0. The number of hydrogen-bond acceptors (Lipinski definition) is 3. The van der Waals surface area contributed by atoms with E-state index >= 15 is 0 Å². The normalized spacial score (nSPS) is 46.3. The Kier molecular flexibility index (Phi) is 4.81. The molecule has 1 N–H and O–H groups in total. The fourth-order valence-electron chi connectivity index (χ4n) is 8.15. The molecule has 0 bridgehead atoms. The largest absolute Gasteiger partial charge is 0.458 e. The summed E-state index contributed by atoms with van der Waals surface area (Å²) in [5.74, 6) is 2.78. The minimum Gasteiger partial charge on any atom is -0.458 e. The van der Waals surface area contributed by atoms with Crippen molar-refractivity contribution >= 4 is 5.97 Å². The van der Waals surface area contributed by atoms with Crippen LogP contribution in [0, 0.1) is 34.5 Å². The van der Waals surface area contributed by atoms with Crippen LogP contribution in [-0.4, -0.2) is 23.3 Å². The molecule has 0 aliphatic heterocycles. The van der Waals surface area contributed by atoms with Crippen molar-refractivity contribution in [3.63, 3.8) is 0 Å². The summed E-state index contributed by atoms with van der Waals surface area (Å²) < 4.78 is 6.12. The molecule has 0 spiro atoms. The van der Waals surface area contributed by atoms with Crippen LogP contribution in [0.4, 0.5) is 0 Å². The number of carbonyl (C=O) groups is 1. The summed E-state index contributed by atoms with van der Waals surface area (Å²) in [5.41, 5.74) is 1.20. The Balaban J connectivity index is 1.34. The number of hydrogen-bond donors (Lipinski definition) is 1. The molecule has 4 saturated carbocycles. The smallest absolute Gasteiger partial charge is 0.338 e. The lowest BCUT2D eigenvalue weighted by molar-refractivity contribution is -0.134. The number of ether oxygens (including phenoxy) is 1. The highest BCUT2D eigenvalue weighted by atomic mass is 16.5. The van der Waals surface area contributed by atoms with Crippen molar-refractivity contribution in [2.75, 3.05) is 0 Å². The second-order valence-corrected chi connectivity index (χ2v) is 11.0. The van der Waals surface area contributed by atoms with Crippen LogP contribution in [0.25, 0.3) is 0 Å². The van der Waals surface area contributed by atoms with Crippen LogP contribution in [0.15, 0.2) is 30.3 Å². The molecular weight excluding hydrogens is 360 g/mol. The maximum Gasteiger partial charge on any atom is 0.338 e. The molecule has 5 rings (SSSR count). The van der Waals surface area contributed by atoms with Gasteiger partial charge in [0.1, 0.15) is 6.10 Å². The quantitative estimate of drug-likeness (QED) is 0.660. The summed E-state index contributed by atoms with van der Waals surface area (Å²) in [6, 6.07) is 9.45. The van der Waals surface area contributed by atoms with E-state index in [0.717, 1.165) is 31.1 Å². The fourth-order valence-corrected chi connectivity index (χ4v) is 8.15. The average Bonchev–Trinajstić information content (AvgIpc) is 3.05. The Morgan fingerprint density at radius 2 is 1.66 bits per heavy atom. The predicted octanol–water partition coefficient (Wildman–Crippen LogP) is 5.62. The van der Waals surface area contributed by atoms with E-state index < -0.39 is 0 Å². The van der Waals surface area contributed by atoms with Crippen LogP contribution in [-0.2, 0) is 4.74 Å². The standard InChI is InChI=1S/C26H36O3/c1-25-14-12-19(27)16-18(25)8-9-20-21-10-11-23(26(21,2)15-13-22(20)25)29-24(28)17-6-4-3-5-7-17/h3-7,18-23,27H,8-16H2,1-2H3/t18-,19+,20-,21-,22-,23-,25-,26-/m0/s1. The van der Waals surface area contributed by atoms with Gasteiger partial charge >= 0.3 is 5.97 Å². The Hall–Kier alpha value is -1.35. The van der Waals surface area contributed by atoms with E-state index in [-0.39, 0.29) is 23.6 Å². The molecule has 0 radical (unpaired) electrons. The van der Waals surface area contributed by atoms with Gasteiger partial charge in [0, 0.05) is 5.41 Å². The van der Waals surface area contributed by atoms with E-state index in [9.17, 15) is 9.90 Å². The van der Waals surface area contributed by atoms with Gasteiger partial charge in [0.25, 0.3) is 0 Å². The highest BCUT2D eigenvalue weighted by Gasteiger charge is 2.61. The molecule has 4 aliphatic rings. The van der Waals surface area contributed by atoms with Crippen molar-refractivity contribution in [3.05, 3.63) is 35.9 Å². The zero-order chi connectivity index (χ0) is 20.2. The van der Waals surface area contributed by atoms with Gasteiger partial charge in [0.2, 0.25) is 0 Å². The van der Waals surface area contributed by atoms with Gasteiger partial charge < -0.3 is 9.84 Å². The second kappa shape index (κ2) is 7.11. The molecule has 0 saturated heterocycles. The zero-order valence-corrected chi connectivity index (χ0v) is 18.0. The van der Waals surface area contributed by atoms with Crippen molar-refractivity contribution < 1.29 is 14.6 Å². The molecule has 0 aromatic heterocycles. The topological polar surface area (TPSA) is 46.5 Å². The third-order valence-electron chi connectivity index (χ3n) is 9.81. The molecule has 4 fully saturated rings. The SMILES string of the molecule is C[C@]12CC[C@@H](O)C[C@@H]1CC[C@@H]1[C@@H]2CC[C@]2(C)[C@@H](OC(=O)c3ccccc3)CC[C@@H]12. The van der Waals surface area contributed by atoms with E-state index in [4.69, 9.17) is 4.74 Å². The Morgan fingerprint density at radius 3 is 2.45 bits per heavy atom. The summed E-state index contributed by atoms with van der Waals surface area (Å²) >= 11 is 0. The van der Waals surface area contributed by atoms with Gasteiger partial charge in [-0.25, -0.2) is 4.79 Å². The monoisotopic (exact) mass is 396 g/mol. The van der Waals surface area contributed by atoms with Gasteiger partial charge in [-0.2, -0.15) is 0 Å². The van der Waals surface area contributed by atoms with Crippen LogP contribution in [0.1, 0.15) is 82.0 Å². The van der Waals surface area contributed by atoms with Gasteiger partial charge in [-0.1, -0.05) is 32.0 Å². The van der Waals surface area contributed by atoms with Crippen molar-refractivity contribution in [1.29, 1.82) is 0 Å². The lowest BCUT2D eigenvalue weighted by atomic mass is 9.45. The number of benzene rings is 1. The highest BCUT2D eigenvalue weighted by molar-refractivity contribution is 5.89. The number of rotatable bonds is 2. The maximum atomic E-state index is 12.7. The molecule has 3 nitrogen and oxygen atoms in total. The summed E-state index contributed by atoms with van der Waals surface area (Å²) in [6.45, 7) is 4.94. The van der Waals surface area contributed by atoms with Crippen molar-refractivity contribution in [2.45, 2.75) is 83.8 Å². The van der Waals surface area contributed by atoms with Crippen LogP contribution < -0.4 is 0 Å². The number of aliphatic hydroxyl groups is 1. The van der Waals surface area contributed by atoms with Crippen molar-refractivity contribution in [1.82, 2.24) is 0 Å². The zero-order valence-electron chi connectivity index (χ0n) is 18.0. The lowest BCUT2D eigenvalue weighted by Crippen LogP contribution is -2.54. The van der Waals surface area contributed by atoms with E-state index in [2.05, 4.69) is 13.8 Å². The van der Waals surface area contributed by atoms with E-state index in [1.807, 2.05) is 30.3 Å². The van der Waals surface area contributed by atoms with Crippen LogP contribution in [0.2, 0.25) is 0 Å². The highest BCUT2D eigenvalue weighted by Crippen LogP contribution is 2.66. The first kappa shape index (κ1) is 19.6. The van der Waals surface area contributed by atoms with Gasteiger partial charge in [0.15, 0.2) is 0 Å². The number of esters is 1. The summed E-state index contributed by atoms with van der Waals surface area (Å²) in [6.07, 6.45) is 10.4. The number of aliphatic hydroxyl groups excluding tert-OH is 1. The van der Waals surface area contributed by atoms with Crippen molar-refractivity contribution in [3.8, 4) is 0 Å². The number of carbonyl (C=O) groups excluding carboxylic acids is 1. The molecule has 0 unspecified atom stereocenters. The van der Waals surface area contributed by atoms with E-state index in [1.54, 1.807) is 0 Å².